The number of thioether (sulfide) groups is 1. The monoisotopic (exact) mass is 632 g/mol. The minimum Gasteiger partial charge on any atom is -0.447 e. The molecule has 2 fully saturated rings. The molecule has 0 spiro atoms. The van der Waals surface area contributed by atoms with Crippen molar-refractivity contribution >= 4 is 68.7 Å². The second-order valence-corrected chi connectivity index (χ2v) is 12.7. The zero-order chi connectivity index (χ0) is 29.5. The third kappa shape index (κ3) is 7.71. The number of aryl methyl sites for hydroxylation is 2. The van der Waals surface area contributed by atoms with Crippen molar-refractivity contribution in [2.24, 2.45) is 0 Å². The maximum atomic E-state index is 12.6. The van der Waals surface area contributed by atoms with E-state index in [1.165, 1.54) is 32.5 Å². The topological polar surface area (TPSA) is 169 Å². The molecule has 4 amide bonds. The van der Waals surface area contributed by atoms with Gasteiger partial charge in [0.2, 0.25) is 22.1 Å². The second kappa shape index (κ2) is 13.9. The van der Waals surface area contributed by atoms with Crippen LogP contribution in [0.3, 0.4) is 0 Å². The number of amides is 4. The Labute approximate surface area is 253 Å². The van der Waals surface area contributed by atoms with Gasteiger partial charge in [0.15, 0.2) is 0 Å². The van der Waals surface area contributed by atoms with Crippen molar-refractivity contribution in [3.05, 3.63) is 45.9 Å². The Morgan fingerprint density at radius 2 is 1.40 bits per heavy atom. The molecule has 0 saturated carbocycles. The summed E-state index contributed by atoms with van der Waals surface area (Å²) < 4.78 is 10.1. The van der Waals surface area contributed by atoms with E-state index in [0.717, 1.165) is 27.1 Å². The zero-order valence-electron chi connectivity index (χ0n) is 22.6. The highest BCUT2D eigenvalue weighted by Crippen LogP contribution is 2.27. The molecule has 14 nitrogen and oxygen atoms in total. The summed E-state index contributed by atoms with van der Waals surface area (Å²) in [4.78, 5) is 51.5. The molecule has 222 valence electrons. The standard InChI is InChI=1S/C25H28N8O6S3/c1-15-13-38-24(36)32(15)11-18(34)26-22-30-28-20(41-22)7-9-40-10-8-21-29-31-23(42-21)27-19(35)12-33-17(14-39-25(33)37)16-5-3-2-4-6-16/h2-6,15,17H,7-14H2,1H3,(H,26,30,34)(H,27,31,35)/t15-,17+/m1/s1. The van der Waals surface area contributed by atoms with Crippen LogP contribution in [0.15, 0.2) is 30.3 Å². The maximum absolute atomic E-state index is 12.6. The number of benzene rings is 1. The van der Waals surface area contributed by atoms with Crippen LogP contribution in [0.2, 0.25) is 0 Å². The van der Waals surface area contributed by atoms with E-state index in [1.54, 1.807) is 11.8 Å². The number of cyclic esters (lactones) is 2. The average molecular weight is 633 g/mol. The molecule has 0 radical (unpaired) electrons. The number of hydrogen-bond donors (Lipinski definition) is 2. The minimum atomic E-state index is -0.524. The summed E-state index contributed by atoms with van der Waals surface area (Å²) in [6.45, 7) is 2.05. The van der Waals surface area contributed by atoms with Gasteiger partial charge in [0.05, 0.1) is 12.1 Å². The van der Waals surface area contributed by atoms with Gasteiger partial charge < -0.3 is 9.47 Å². The Bertz CT molecular complexity index is 1420. The number of carbonyl (C=O) groups excluding carboxylic acids is 4. The van der Waals surface area contributed by atoms with Crippen LogP contribution in [0, 0.1) is 0 Å². The highest BCUT2D eigenvalue weighted by molar-refractivity contribution is 7.99. The second-order valence-electron chi connectivity index (χ2n) is 9.40. The third-order valence-electron chi connectivity index (χ3n) is 6.35. The lowest BCUT2D eigenvalue weighted by Gasteiger charge is -2.20. The molecule has 4 heterocycles. The Morgan fingerprint density at radius 1 is 0.857 bits per heavy atom. The highest BCUT2D eigenvalue weighted by atomic mass is 32.2. The first-order valence-electron chi connectivity index (χ1n) is 13.1. The molecule has 5 rings (SSSR count). The molecule has 2 aromatic heterocycles. The van der Waals surface area contributed by atoms with Crippen LogP contribution < -0.4 is 10.6 Å². The third-order valence-corrected chi connectivity index (χ3v) is 9.13. The number of nitrogens with one attached hydrogen (secondary N) is 2. The van der Waals surface area contributed by atoms with Gasteiger partial charge in [0, 0.05) is 12.8 Å². The number of nitrogens with zero attached hydrogens (tertiary/aromatic N) is 6. The Balaban J connectivity index is 0.989. The predicted molar refractivity (Wildman–Crippen MR) is 157 cm³/mol. The lowest BCUT2D eigenvalue weighted by Crippen LogP contribution is -2.38. The van der Waals surface area contributed by atoms with E-state index in [4.69, 9.17) is 9.47 Å². The van der Waals surface area contributed by atoms with Gasteiger partial charge in [0.1, 0.15) is 36.3 Å². The van der Waals surface area contributed by atoms with Crippen molar-refractivity contribution in [3.8, 4) is 0 Å². The molecule has 0 bridgehead atoms. The molecule has 2 saturated heterocycles. The molecule has 2 aliphatic heterocycles. The largest absolute Gasteiger partial charge is 0.447 e. The van der Waals surface area contributed by atoms with Gasteiger partial charge in [-0.3, -0.25) is 30.0 Å². The maximum Gasteiger partial charge on any atom is 0.410 e. The van der Waals surface area contributed by atoms with Gasteiger partial charge in [-0.25, -0.2) is 9.59 Å². The van der Waals surface area contributed by atoms with E-state index < -0.39 is 12.2 Å². The van der Waals surface area contributed by atoms with Crippen LogP contribution in [-0.2, 0) is 31.9 Å². The van der Waals surface area contributed by atoms with E-state index in [9.17, 15) is 19.2 Å². The number of rotatable bonds is 13. The summed E-state index contributed by atoms with van der Waals surface area (Å²) in [7, 11) is 0. The number of hydrogen-bond acceptors (Lipinski definition) is 13. The normalized spacial score (nSPS) is 18.2. The van der Waals surface area contributed by atoms with Crippen LogP contribution in [0.1, 0.15) is 28.5 Å². The molecule has 2 atom stereocenters. The van der Waals surface area contributed by atoms with E-state index in [0.29, 0.717) is 23.1 Å². The molecular formula is C25H28N8O6S3. The molecule has 2 aliphatic rings. The summed E-state index contributed by atoms with van der Waals surface area (Å²) >= 11 is 4.31. The molecule has 3 aromatic rings. The predicted octanol–water partition coefficient (Wildman–Crippen LogP) is 2.82. The van der Waals surface area contributed by atoms with Gasteiger partial charge in [-0.1, -0.05) is 53.0 Å². The molecule has 2 N–H and O–H groups in total. The fourth-order valence-electron chi connectivity index (χ4n) is 4.20. The molecule has 17 heteroatoms. The highest BCUT2D eigenvalue weighted by Gasteiger charge is 2.35. The fraction of sp³-hybridized carbons (Fsp3) is 0.440. The first kappa shape index (κ1) is 29.7. The van der Waals surface area contributed by atoms with Crippen molar-refractivity contribution in [2.75, 3.05) is 48.4 Å². The number of carbonyl (C=O) groups is 4. The van der Waals surface area contributed by atoms with Gasteiger partial charge in [-0.15, -0.1) is 20.4 Å². The molecule has 0 aliphatic carbocycles. The van der Waals surface area contributed by atoms with Gasteiger partial charge in [-0.2, -0.15) is 11.8 Å². The van der Waals surface area contributed by atoms with E-state index in [2.05, 4.69) is 31.0 Å². The first-order valence-corrected chi connectivity index (χ1v) is 15.9. The summed E-state index contributed by atoms with van der Waals surface area (Å²) in [5, 5.41) is 24.1. The molecular weight excluding hydrogens is 605 g/mol. The average Bonchev–Trinajstić information content (AvgIpc) is 3.76. The van der Waals surface area contributed by atoms with Gasteiger partial charge in [0.25, 0.3) is 0 Å². The van der Waals surface area contributed by atoms with Gasteiger partial charge in [-0.05, 0) is 24.0 Å². The number of ether oxygens (including phenoxy) is 2. The van der Waals surface area contributed by atoms with E-state index >= 15 is 0 Å². The quantitative estimate of drug-likeness (QED) is 0.266. The summed E-state index contributed by atoms with van der Waals surface area (Å²) in [5.41, 5.74) is 0.905. The van der Waals surface area contributed by atoms with Crippen molar-refractivity contribution in [3.63, 3.8) is 0 Å². The smallest absolute Gasteiger partial charge is 0.410 e. The summed E-state index contributed by atoms with van der Waals surface area (Å²) in [6.07, 6.45) is 0.351. The first-order chi connectivity index (χ1) is 20.4. The number of anilines is 2. The summed E-state index contributed by atoms with van der Waals surface area (Å²) in [6, 6.07) is 8.98. The van der Waals surface area contributed by atoms with E-state index in [1.807, 2.05) is 37.3 Å². The van der Waals surface area contributed by atoms with Crippen LogP contribution in [0.4, 0.5) is 19.9 Å². The van der Waals surface area contributed by atoms with Crippen molar-refractivity contribution in [1.82, 2.24) is 30.2 Å². The van der Waals surface area contributed by atoms with Crippen molar-refractivity contribution in [2.45, 2.75) is 31.8 Å². The Hall–Kier alpha value is -3.83. The SMILES string of the molecule is C[C@@H]1COC(=O)N1CC(=O)Nc1nnc(CCSCCc2nnc(NC(=O)CN3C(=O)OC[C@H]3c3ccccc3)s2)s1. The van der Waals surface area contributed by atoms with Crippen molar-refractivity contribution in [1.29, 1.82) is 0 Å². The fourth-order valence-corrected chi connectivity index (χ4v) is 6.85. The summed E-state index contributed by atoms with van der Waals surface area (Å²) in [5.74, 6) is 0.886. The van der Waals surface area contributed by atoms with E-state index in [-0.39, 0.29) is 50.2 Å². The van der Waals surface area contributed by atoms with Crippen LogP contribution in [0.25, 0.3) is 0 Å². The minimum absolute atomic E-state index is 0.0937. The Morgan fingerprint density at radius 3 is 1.98 bits per heavy atom. The van der Waals surface area contributed by atoms with Crippen LogP contribution >= 0.6 is 34.4 Å². The van der Waals surface area contributed by atoms with Crippen LogP contribution in [0.5, 0.6) is 0 Å². The Kier molecular flexibility index (Phi) is 9.81. The lowest BCUT2D eigenvalue weighted by atomic mass is 10.1. The molecule has 1 aromatic carbocycles. The van der Waals surface area contributed by atoms with Gasteiger partial charge >= 0.3 is 12.2 Å². The molecule has 42 heavy (non-hydrogen) atoms. The number of aromatic nitrogens is 4. The van der Waals surface area contributed by atoms with Crippen LogP contribution in [-0.4, -0.2) is 98.0 Å². The zero-order valence-corrected chi connectivity index (χ0v) is 25.0. The lowest BCUT2D eigenvalue weighted by molar-refractivity contribution is -0.117. The molecule has 0 unspecified atom stereocenters. The van der Waals surface area contributed by atoms with Crippen molar-refractivity contribution < 1.29 is 28.7 Å².